The average Bonchev–Trinajstić information content (AvgIpc) is 1.60. The molecule has 0 bridgehead atoms. The second-order valence-electron chi connectivity index (χ2n) is 37.4. The number of nitrogens with zero attached hydrogens (tertiary/aromatic N) is 5. The van der Waals surface area contributed by atoms with E-state index in [0.717, 1.165) is 4.57 Å². The number of aliphatic hydroxyl groups excluding tert-OH is 6. The topological polar surface area (TPSA) is 689 Å². The molecule has 0 radical (unpaired) electrons. The van der Waals surface area contributed by atoms with Crippen LogP contribution in [-0.2, 0) is 117 Å². The van der Waals surface area contributed by atoms with Gasteiger partial charge in [0.05, 0.1) is 124 Å². The molecule has 0 amide bonds. The molecular weight excluding hydrogens is 2110 g/mol. The van der Waals surface area contributed by atoms with Crippen molar-refractivity contribution in [1.82, 2.24) is 47.8 Å². The van der Waals surface area contributed by atoms with Gasteiger partial charge in [-0.3, -0.25) is 80.9 Å². The van der Waals surface area contributed by atoms with E-state index in [1.54, 1.807) is 130 Å². The number of nitrogens with one attached hydrogen (secondary N) is 5. The van der Waals surface area contributed by atoms with Gasteiger partial charge in [0.25, 0.3) is 27.8 Å². The van der Waals surface area contributed by atoms with Crippen LogP contribution in [-0.4, -0.2) is 385 Å². The molecule has 858 valence electrons. The molecule has 5 aliphatic heterocycles. The van der Waals surface area contributed by atoms with Crippen LogP contribution in [0.2, 0.25) is 0 Å². The van der Waals surface area contributed by atoms with E-state index in [1.807, 2.05) is 13.8 Å². The predicted octanol–water partition coefficient (Wildman–Crippen LogP) is -0.527. The molecule has 52 nitrogen and oxygen atoms in total. The van der Waals surface area contributed by atoms with Gasteiger partial charge in [0.1, 0.15) is 92.9 Å². The molecule has 5 aliphatic rings. The fraction of sp³-hybridized carbons (Fsp3) is 0.761. The molecular formula is C92H162KN10O42P5. The summed E-state index contributed by atoms with van der Waals surface area (Å²) in [5.74, 6) is -1.47. The fourth-order valence-corrected chi connectivity index (χ4v) is 23.9. The van der Waals surface area contributed by atoms with Gasteiger partial charge in [0.2, 0.25) is 8.80 Å². The molecule has 5 saturated heterocycles. The van der Waals surface area contributed by atoms with E-state index in [-0.39, 0.29) is 115 Å². The van der Waals surface area contributed by atoms with E-state index in [2.05, 4.69) is 30.0 Å². The second kappa shape index (κ2) is 66.7. The molecule has 11 N–H and O–H groups in total. The molecule has 5 aromatic rings. The maximum atomic E-state index is 12.7. The summed E-state index contributed by atoms with van der Waals surface area (Å²) in [6, 6.07) is 0. The van der Waals surface area contributed by atoms with Crippen molar-refractivity contribution in [3.05, 3.63) is 175 Å². The van der Waals surface area contributed by atoms with Gasteiger partial charge in [-0.25, -0.2) is 24.0 Å². The SMILES string of the molecule is CC(C)(C)[O-].CCOP(=O)(CP(C)(C)=O)OCC.CCOP(C)(=O)/C=C/[C@H]1O[C@@H](n2cc(C)c(=O)[nH]c2=O)[C@H](OCCOC)[C@@H]1C.COCCO[C@@H]1[C@H](C)[C@@H](CO)O[C@H]1n1cc(C)c(=O)[nH]c1=O.COCCO[C@@H]1[C@H](C)[C@@H]([C@H](O)[C@@H](O)P(C)(C)=O)O[C@H]1n1cc(C)c(=O)[nH]c1=O.COCCO[C@@H]1[C@H](O)[C@@H]([C@H](OC)[C@@H](OC)P(C)(C)=O)O[C@H]1n1cc(C)c(=O)[nH]c1=O.[2H]C[C@H]1O[C@@H](n2cc(C)c(=O)[nH]c2=O)[C@H](OCCOC)[C@@H]1O.[3H]OC.[K+]. The van der Waals surface area contributed by atoms with Crippen LogP contribution in [0.1, 0.15) is 130 Å². The number of aliphatic hydroxyl groups is 6. The molecule has 0 saturated carbocycles. The third-order valence-electron chi connectivity index (χ3n) is 22.9. The second-order valence-corrected chi connectivity index (χ2v) is 52.6. The molecule has 25 atom stereocenters. The number of methoxy groups -OCH3 is 7. The minimum absolute atomic E-state index is 0. The van der Waals surface area contributed by atoms with Gasteiger partial charge in [0.15, 0.2) is 31.1 Å². The Balaban J connectivity index is 0.000000613. The summed E-state index contributed by atoms with van der Waals surface area (Å²) >= 11 is 0. The number of hydrogen-bond donors (Lipinski definition) is 11. The van der Waals surface area contributed by atoms with Gasteiger partial charge in [-0.05, 0) is 114 Å². The first-order valence-corrected chi connectivity index (χ1v) is 59.7. The van der Waals surface area contributed by atoms with E-state index in [1.165, 1.54) is 118 Å². The minimum Gasteiger partial charge on any atom is -0.850 e. The standard InChI is InChI=1S/C18H31N2O9P.C18H29N2O7P.C17H29N2O8P.C14H22N2O6.C13H20N2O6.C7H18O4P2.C4H9O.CH4O.K/c1-10-9-20(18(23)19-15(10)22)16-13(28-8-7-25-2)11(21)12(29-16)14(26-3)17(27-4)30(5,6)24;1-6-26-28(5,23)10-7-14-13(3)15(25-9-8-24-4)17(27-14)20-11-12(2)16(21)19-18(20)22;1-9-8-19(17(23)18-14(9)21)15-13(26-7-6-25-3)10(2)12(27-15)11(20)16(22)28(4,5)24;1-8-6-16(14(19)15-12(8)18)13-11(21-5-4-20-3)9(2)10(7-17)22-13;1-7-6-15(13(18)14-11(7)17)12-10(20-5-4-19-3)9(16)8(2)21-12;1-5-10-13(9,11-6-2)7-12(3,4)8;1-4(2,3)5;1-2;/h9,11-14,16-17,21H,7-8H2,1-6H3,(H,19,22,23);7,10-11,13-15,17H,6,8-9H2,1-5H3,(H,19,21,22);8,10-13,15-16,20,22H,6-7H2,1-5H3,(H,18,21,23);6,9-11,13,17H,4-5,7H2,1-3H3,(H,15,18,19);6,8-10,12,16H,4-5H2,1-3H3,(H,14,17,18);5-7H2,1-4H3;1-3H3;2H,1H3;/q;;;;;;-1;;+1/b;10-7+;;;;;;;/t11-,12+,13-,14+,16-,17+;13-,14-,15-,17-,28?;10-,11+,12+,13-,15-,16+;9-,10-,11-,13-;8-,9-,10-,12-;;;;/m11111..../s1/i;;;;2D;;;2T;. The molecule has 0 aliphatic carbocycles. The Kier molecular flexibility index (Phi) is 60.9. The van der Waals surface area contributed by atoms with Crippen LogP contribution >= 0.6 is 36.4 Å². The molecule has 150 heavy (non-hydrogen) atoms. The quantitative estimate of drug-likeness (QED) is 0.0133. The Morgan fingerprint density at radius 2 is 0.773 bits per heavy atom. The first kappa shape index (κ1) is 137. The van der Waals surface area contributed by atoms with Crippen LogP contribution in [0.25, 0.3) is 0 Å². The number of aromatic nitrogens is 10. The normalized spacial score (nSPS) is 25.5. The van der Waals surface area contributed by atoms with Crippen LogP contribution in [0.5, 0.6) is 0 Å². The number of aryl methyl sites for hydroxylation is 5. The summed E-state index contributed by atoms with van der Waals surface area (Å²) in [4.78, 5) is 130. The molecule has 5 fully saturated rings. The van der Waals surface area contributed by atoms with Crippen molar-refractivity contribution in [3.63, 3.8) is 0 Å². The third-order valence-corrected chi connectivity index (χ3v) is 33.1. The Labute approximate surface area is 916 Å². The molecule has 5 aromatic heterocycles. The van der Waals surface area contributed by atoms with Crippen molar-refractivity contribution in [2.45, 2.75) is 238 Å². The van der Waals surface area contributed by atoms with Gasteiger partial charge in [-0.1, -0.05) is 41.5 Å². The molecule has 58 heteroatoms. The number of rotatable bonds is 44. The monoisotopic (exact) mass is 2280 g/mol. The van der Waals surface area contributed by atoms with Crippen molar-refractivity contribution < 1.29 is 205 Å². The van der Waals surface area contributed by atoms with Gasteiger partial charge in [-0.15, -0.1) is 5.60 Å². The Morgan fingerprint density at radius 1 is 0.467 bits per heavy atom. The summed E-state index contributed by atoms with van der Waals surface area (Å²) in [7, 11) is -2.37. The molecule has 10 heterocycles. The zero-order valence-electron chi connectivity index (χ0n) is 93.5. The first-order valence-electron chi connectivity index (χ1n) is 48.8. The maximum absolute atomic E-state index is 12.7. The first-order chi connectivity index (χ1) is 70.5. The van der Waals surface area contributed by atoms with E-state index in [9.17, 15) is 101 Å². The van der Waals surface area contributed by atoms with Gasteiger partial charge < -0.3 is 144 Å². The van der Waals surface area contributed by atoms with Gasteiger partial charge in [0, 0.05) is 141 Å². The van der Waals surface area contributed by atoms with Crippen LogP contribution in [0.4, 0.5) is 0 Å². The summed E-state index contributed by atoms with van der Waals surface area (Å²) < 4.78 is 189. The summed E-state index contributed by atoms with van der Waals surface area (Å²) in [6.45, 7) is 37.7. The zero-order chi connectivity index (χ0) is 115. The van der Waals surface area contributed by atoms with Gasteiger partial charge >= 0.3 is 87.4 Å². The predicted molar refractivity (Wildman–Crippen MR) is 550 cm³/mol. The van der Waals surface area contributed by atoms with Crippen molar-refractivity contribution in [1.29, 1.82) is 1.43 Å². The number of H-pyrrole nitrogens is 5. The zero-order valence-corrected chi connectivity index (χ0v) is 99.1. The Morgan fingerprint density at radius 3 is 1.08 bits per heavy atom. The number of aromatic amines is 5. The van der Waals surface area contributed by atoms with Gasteiger partial charge in [-0.2, -0.15) is 0 Å². The van der Waals surface area contributed by atoms with Crippen LogP contribution in [0, 0.1) is 52.4 Å². The summed E-state index contributed by atoms with van der Waals surface area (Å²) in [5.41, 5.74) is -4.58. The van der Waals surface area contributed by atoms with E-state index in [4.69, 9.17) is 96.9 Å². The van der Waals surface area contributed by atoms with Crippen LogP contribution in [0.15, 0.2) is 90.8 Å². The molecule has 10 rings (SSSR count). The Hall–Kier alpha value is -5.15. The number of ether oxygens (including phenoxy) is 17. The fourth-order valence-electron chi connectivity index (χ4n) is 15.5. The average molecular weight is 2280 g/mol. The van der Waals surface area contributed by atoms with E-state index >= 15 is 0 Å². The maximum Gasteiger partial charge on any atom is 1.00 e. The van der Waals surface area contributed by atoms with Crippen molar-refractivity contribution in [3.8, 4) is 0 Å². The molecule has 0 spiro atoms. The van der Waals surface area contributed by atoms with Crippen molar-refractivity contribution in [2.75, 3.05) is 202 Å². The third kappa shape index (κ3) is 43.2. The molecule has 0 aromatic carbocycles. The van der Waals surface area contributed by atoms with E-state index in [0.29, 0.717) is 81.7 Å². The summed E-state index contributed by atoms with van der Waals surface area (Å²) in [5, 5.41) is 65.0. The largest absolute Gasteiger partial charge is 1.00 e. The smallest absolute Gasteiger partial charge is 0.850 e. The number of hydrogen-bond acceptors (Lipinski definition) is 42. The van der Waals surface area contributed by atoms with Crippen LogP contribution < -0.4 is 113 Å². The Bertz CT molecular complexity index is 5760. The van der Waals surface area contributed by atoms with Crippen molar-refractivity contribution in [2.24, 2.45) is 17.8 Å². The molecule has 1 unspecified atom stereocenters. The minimum atomic E-state index is -3.10. The van der Waals surface area contributed by atoms with E-state index < -0.39 is 232 Å². The van der Waals surface area contributed by atoms with Crippen LogP contribution in [0.3, 0.4) is 0 Å². The van der Waals surface area contributed by atoms with Crippen molar-refractivity contribution >= 4 is 36.4 Å². The summed E-state index contributed by atoms with van der Waals surface area (Å²) in [6.07, 6.45) is -7.25.